The maximum Gasteiger partial charge on any atom is 0.264 e. The van der Waals surface area contributed by atoms with Crippen LogP contribution in [0, 0.1) is 12.3 Å². The molecule has 1 amide bonds. The number of para-hydroxylation sites is 1. The lowest BCUT2D eigenvalue weighted by molar-refractivity contribution is -0.115. The maximum atomic E-state index is 12.4. The second-order valence-corrected chi connectivity index (χ2v) is 7.81. The Labute approximate surface area is 180 Å². The monoisotopic (exact) mass is 476 g/mol. The van der Waals surface area contributed by atoms with Crippen molar-refractivity contribution in [2.75, 3.05) is 13.7 Å². The van der Waals surface area contributed by atoms with E-state index in [9.17, 15) is 4.79 Å². The van der Waals surface area contributed by atoms with E-state index in [1.165, 1.54) is 18.9 Å². The highest BCUT2D eigenvalue weighted by molar-refractivity contribution is 9.10. The molecule has 0 unspecified atom stereocenters. The summed E-state index contributed by atoms with van der Waals surface area (Å²) in [5, 5.41) is 3.68. The lowest BCUT2D eigenvalue weighted by Gasteiger charge is -2.12. The standard InChI is InChI=1S/C20H14BrClN2O3S/c1-3-8-27-18-12(9-13(21)11-16(18)26-2)10-17-19(25)24-20(28-17)23-15-7-5-4-6-14(15)22/h1,4-7,9-11H,8H2,2H3,(H,23,24,25)/b17-10-. The van der Waals surface area contributed by atoms with Gasteiger partial charge in [-0.3, -0.25) is 4.79 Å². The van der Waals surface area contributed by atoms with Gasteiger partial charge in [0.1, 0.15) is 6.61 Å². The number of methoxy groups -OCH3 is 1. The summed E-state index contributed by atoms with van der Waals surface area (Å²) in [7, 11) is 1.53. The van der Waals surface area contributed by atoms with Gasteiger partial charge in [-0.2, -0.15) is 0 Å². The summed E-state index contributed by atoms with van der Waals surface area (Å²) in [4.78, 5) is 17.3. The van der Waals surface area contributed by atoms with Crippen molar-refractivity contribution in [1.82, 2.24) is 5.32 Å². The minimum absolute atomic E-state index is 0.0761. The molecule has 1 aliphatic heterocycles. The van der Waals surface area contributed by atoms with Gasteiger partial charge >= 0.3 is 0 Å². The van der Waals surface area contributed by atoms with Gasteiger partial charge in [-0.1, -0.05) is 45.6 Å². The third kappa shape index (κ3) is 4.71. The first-order valence-electron chi connectivity index (χ1n) is 7.99. The SMILES string of the molecule is C#CCOc1c(/C=C2\SC(=Nc3ccccc3Cl)NC2=O)cc(Br)cc1OC. The molecule has 2 aromatic carbocycles. The fourth-order valence-corrected chi connectivity index (χ4v) is 3.85. The lowest BCUT2D eigenvalue weighted by atomic mass is 10.1. The van der Waals surface area contributed by atoms with E-state index in [0.717, 1.165) is 4.47 Å². The predicted molar refractivity (Wildman–Crippen MR) is 117 cm³/mol. The Bertz CT molecular complexity index is 1030. The van der Waals surface area contributed by atoms with Gasteiger partial charge in [0, 0.05) is 10.0 Å². The Kier molecular flexibility index (Phi) is 6.68. The Morgan fingerprint density at radius 1 is 1.39 bits per heavy atom. The van der Waals surface area contributed by atoms with Gasteiger partial charge in [-0.15, -0.1) is 6.42 Å². The van der Waals surface area contributed by atoms with Crippen LogP contribution in [0.3, 0.4) is 0 Å². The summed E-state index contributed by atoms with van der Waals surface area (Å²) in [6.07, 6.45) is 7.00. The zero-order chi connectivity index (χ0) is 20.1. The minimum atomic E-state index is -0.266. The molecule has 1 saturated heterocycles. The highest BCUT2D eigenvalue weighted by Gasteiger charge is 2.25. The summed E-state index contributed by atoms with van der Waals surface area (Å²) < 4.78 is 11.8. The number of rotatable bonds is 5. The molecule has 0 saturated carbocycles. The van der Waals surface area contributed by atoms with Crippen LogP contribution in [0.25, 0.3) is 6.08 Å². The van der Waals surface area contributed by atoms with Crippen LogP contribution in [0.15, 0.2) is 50.8 Å². The number of thioether (sulfide) groups is 1. The molecule has 0 atom stereocenters. The topological polar surface area (TPSA) is 59.9 Å². The van der Waals surface area contributed by atoms with E-state index in [1.807, 2.05) is 18.2 Å². The van der Waals surface area contributed by atoms with Crippen LogP contribution in [-0.4, -0.2) is 24.8 Å². The average molecular weight is 478 g/mol. The molecular formula is C20H14BrClN2O3S. The minimum Gasteiger partial charge on any atom is -0.493 e. The van der Waals surface area contributed by atoms with Crippen molar-refractivity contribution in [1.29, 1.82) is 0 Å². The molecule has 8 heteroatoms. The Balaban J connectivity index is 1.96. The number of nitrogens with one attached hydrogen (secondary N) is 1. The number of hydrogen-bond acceptors (Lipinski definition) is 5. The Morgan fingerprint density at radius 3 is 2.89 bits per heavy atom. The lowest BCUT2D eigenvalue weighted by Crippen LogP contribution is -2.19. The number of benzene rings is 2. The molecule has 28 heavy (non-hydrogen) atoms. The molecule has 1 fully saturated rings. The second-order valence-electron chi connectivity index (χ2n) is 5.45. The van der Waals surface area contributed by atoms with E-state index in [4.69, 9.17) is 27.5 Å². The number of halogens is 2. The first-order chi connectivity index (χ1) is 13.5. The maximum absolute atomic E-state index is 12.4. The number of nitrogens with zero attached hydrogens (tertiary/aromatic N) is 1. The molecule has 0 aromatic heterocycles. The first-order valence-corrected chi connectivity index (χ1v) is 9.98. The van der Waals surface area contributed by atoms with Crippen LogP contribution in [0.1, 0.15) is 5.56 Å². The summed E-state index contributed by atoms with van der Waals surface area (Å²) in [5.74, 6) is 3.12. The molecule has 0 bridgehead atoms. The molecule has 3 rings (SSSR count). The van der Waals surface area contributed by atoms with E-state index >= 15 is 0 Å². The fraction of sp³-hybridized carbons (Fsp3) is 0.100. The van der Waals surface area contributed by atoms with Crippen LogP contribution < -0.4 is 14.8 Å². The molecule has 0 radical (unpaired) electrons. The smallest absolute Gasteiger partial charge is 0.264 e. The zero-order valence-corrected chi connectivity index (χ0v) is 17.8. The molecule has 1 N–H and O–H groups in total. The van der Waals surface area contributed by atoms with Gasteiger partial charge in [-0.05, 0) is 42.1 Å². The summed E-state index contributed by atoms with van der Waals surface area (Å²) >= 11 is 10.8. The van der Waals surface area contributed by atoms with Crippen LogP contribution in [-0.2, 0) is 4.79 Å². The molecule has 0 spiro atoms. The summed E-state index contributed by atoms with van der Waals surface area (Å²) in [6, 6.07) is 10.7. The van der Waals surface area contributed by atoms with Crippen LogP contribution in [0.2, 0.25) is 5.02 Å². The van der Waals surface area contributed by atoms with Gasteiger partial charge in [0.25, 0.3) is 5.91 Å². The van der Waals surface area contributed by atoms with E-state index in [1.54, 1.807) is 24.3 Å². The number of carbonyl (C=O) groups excluding carboxylic acids is 1. The molecule has 1 heterocycles. The number of ether oxygens (including phenoxy) is 2. The van der Waals surface area contributed by atoms with Crippen molar-refractivity contribution < 1.29 is 14.3 Å². The zero-order valence-electron chi connectivity index (χ0n) is 14.7. The van der Waals surface area contributed by atoms with Crippen LogP contribution in [0.4, 0.5) is 5.69 Å². The van der Waals surface area contributed by atoms with Gasteiger partial charge < -0.3 is 14.8 Å². The molecule has 142 valence electrons. The van der Waals surface area contributed by atoms with Gasteiger partial charge in [0.2, 0.25) is 0 Å². The number of carbonyl (C=O) groups is 1. The number of amides is 1. The third-order valence-corrected chi connectivity index (χ3v) is 5.27. The number of aliphatic imine (C=N–C) groups is 1. The quantitative estimate of drug-likeness (QED) is 0.485. The Morgan fingerprint density at radius 2 is 2.18 bits per heavy atom. The van der Waals surface area contributed by atoms with Crippen molar-refractivity contribution in [3.05, 3.63) is 56.4 Å². The van der Waals surface area contributed by atoms with E-state index in [0.29, 0.717) is 37.8 Å². The molecule has 1 aliphatic rings. The van der Waals surface area contributed by atoms with Crippen LogP contribution >= 0.6 is 39.3 Å². The van der Waals surface area contributed by atoms with Crippen molar-refractivity contribution in [2.45, 2.75) is 0 Å². The number of terminal acetylenes is 1. The average Bonchev–Trinajstić information content (AvgIpc) is 3.01. The predicted octanol–water partition coefficient (Wildman–Crippen LogP) is 5.01. The second kappa shape index (κ2) is 9.20. The summed E-state index contributed by atoms with van der Waals surface area (Å²) in [5.41, 5.74) is 1.23. The molecule has 5 nitrogen and oxygen atoms in total. The Hall–Kier alpha value is -2.40. The van der Waals surface area contributed by atoms with E-state index in [-0.39, 0.29) is 12.5 Å². The van der Waals surface area contributed by atoms with Crippen molar-refractivity contribution in [3.63, 3.8) is 0 Å². The number of amidine groups is 1. The third-order valence-electron chi connectivity index (χ3n) is 3.58. The van der Waals surface area contributed by atoms with Gasteiger partial charge in [-0.25, -0.2) is 4.99 Å². The summed E-state index contributed by atoms with van der Waals surface area (Å²) in [6.45, 7) is 0.0761. The highest BCUT2D eigenvalue weighted by Crippen LogP contribution is 2.38. The van der Waals surface area contributed by atoms with E-state index < -0.39 is 0 Å². The number of hydrogen-bond donors (Lipinski definition) is 1. The normalized spacial score (nSPS) is 16.1. The molecule has 0 aliphatic carbocycles. The largest absolute Gasteiger partial charge is 0.493 e. The van der Waals surface area contributed by atoms with Gasteiger partial charge in [0.05, 0.1) is 22.7 Å². The fourth-order valence-electron chi connectivity index (χ4n) is 2.39. The molecular weight excluding hydrogens is 464 g/mol. The highest BCUT2D eigenvalue weighted by atomic mass is 79.9. The van der Waals surface area contributed by atoms with Crippen LogP contribution in [0.5, 0.6) is 11.5 Å². The van der Waals surface area contributed by atoms with Gasteiger partial charge in [0.15, 0.2) is 16.7 Å². The van der Waals surface area contributed by atoms with Crippen molar-refractivity contribution in [2.24, 2.45) is 4.99 Å². The van der Waals surface area contributed by atoms with E-state index in [2.05, 4.69) is 32.2 Å². The van der Waals surface area contributed by atoms with Crippen molar-refractivity contribution >= 4 is 62.1 Å². The van der Waals surface area contributed by atoms with Crippen molar-refractivity contribution in [3.8, 4) is 23.8 Å². The molecule has 2 aromatic rings. The first kappa shape index (κ1) is 20.3.